The van der Waals surface area contributed by atoms with E-state index in [0.717, 1.165) is 12.8 Å². The number of hydrogen-bond donors (Lipinski definition) is 2. The predicted molar refractivity (Wildman–Crippen MR) is 99.8 cm³/mol. The molecule has 2 aliphatic heterocycles. The van der Waals surface area contributed by atoms with Crippen LogP contribution in [0.1, 0.15) is 40.2 Å². The van der Waals surface area contributed by atoms with E-state index in [1.54, 1.807) is 0 Å². The van der Waals surface area contributed by atoms with Gasteiger partial charge in [0.05, 0.1) is 5.69 Å². The number of primary amides is 1. The Morgan fingerprint density at radius 3 is 2.58 bits per heavy atom. The second-order valence-electron chi connectivity index (χ2n) is 6.70. The molecule has 8 heteroatoms. The third kappa shape index (κ3) is 3.45. The van der Waals surface area contributed by atoms with Gasteiger partial charge in [0.1, 0.15) is 5.69 Å². The normalized spacial score (nSPS) is 21.8. The van der Waals surface area contributed by atoms with Crippen LogP contribution in [0.25, 0.3) is 5.69 Å². The first-order chi connectivity index (χ1) is 12.1. The number of nitrogens with zero attached hydrogens (tertiary/aromatic N) is 3. The number of rotatable bonds is 3. The summed E-state index contributed by atoms with van der Waals surface area (Å²) < 4.78 is 1.44. The van der Waals surface area contributed by atoms with Crippen molar-refractivity contribution in [3.05, 3.63) is 47.8 Å². The third-order valence-corrected chi connectivity index (χ3v) is 4.99. The van der Waals surface area contributed by atoms with Crippen LogP contribution in [0.3, 0.4) is 0 Å². The Labute approximate surface area is 157 Å². The van der Waals surface area contributed by atoms with E-state index in [1.165, 1.54) is 17.2 Å². The smallest absolute Gasteiger partial charge is 0.274 e. The Kier molecular flexibility index (Phi) is 5.29. The highest BCUT2D eigenvalue weighted by Crippen LogP contribution is 2.22. The van der Waals surface area contributed by atoms with E-state index >= 15 is 0 Å². The number of fused-ring (bicyclic) bond motifs is 2. The summed E-state index contributed by atoms with van der Waals surface area (Å²) in [6.07, 6.45) is 3.23. The van der Waals surface area contributed by atoms with Gasteiger partial charge < -0.3 is 16.0 Å². The molecule has 2 aromatic rings. The lowest BCUT2D eigenvalue weighted by Gasteiger charge is -2.23. The van der Waals surface area contributed by atoms with E-state index in [-0.39, 0.29) is 29.7 Å². The minimum Gasteiger partial charge on any atom is -0.364 e. The van der Waals surface area contributed by atoms with E-state index < -0.39 is 5.91 Å². The number of para-hydroxylation sites is 1. The molecule has 2 aliphatic rings. The highest BCUT2D eigenvalue weighted by Gasteiger charge is 2.32. The lowest BCUT2D eigenvalue weighted by Crippen LogP contribution is -2.39. The maximum Gasteiger partial charge on any atom is 0.274 e. The Balaban J connectivity index is 0.00000196. The van der Waals surface area contributed by atoms with Gasteiger partial charge in [-0.3, -0.25) is 9.59 Å². The maximum absolute atomic E-state index is 12.9. The monoisotopic (exact) mass is 375 g/mol. The van der Waals surface area contributed by atoms with E-state index in [4.69, 9.17) is 5.73 Å². The lowest BCUT2D eigenvalue weighted by atomic mass is 10.1. The van der Waals surface area contributed by atoms with Gasteiger partial charge in [0.15, 0.2) is 5.69 Å². The zero-order chi connectivity index (χ0) is 17.4. The van der Waals surface area contributed by atoms with E-state index in [9.17, 15) is 9.59 Å². The van der Waals surface area contributed by atoms with Crippen LogP contribution >= 0.6 is 12.4 Å². The van der Waals surface area contributed by atoms with Gasteiger partial charge in [-0.05, 0) is 31.4 Å². The Hall–Kier alpha value is -2.38. The molecule has 2 fully saturated rings. The molecule has 0 saturated carbocycles. The van der Waals surface area contributed by atoms with Crippen molar-refractivity contribution in [2.75, 3.05) is 13.1 Å². The lowest BCUT2D eigenvalue weighted by molar-refractivity contribution is 0.0741. The van der Waals surface area contributed by atoms with Gasteiger partial charge in [0.2, 0.25) is 0 Å². The summed E-state index contributed by atoms with van der Waals surface area (Å²) in [5, 5.41) is 7.93. The minimum absolute atomic E-state index is 0. The van der Waals surface area contributed by atoms with Crippen LogP contribution in [-0.2, 0) is 0 Å². The maximum atomic E-state index is 12.9. The average Bonchev–Trinajstić information content (AvgIpc) is 3.19. The zero-order valence-electron chi connectivity index (χ0n) is 14.3. The molecule has 26 heavy (non-hydrogen) atoms. The van der Waals surface area contributed by atoms with Gasteiger partial charge in [-0.25, -0.2) is 4.68 Å². The number of carbonyl (C=O) groups is 2. The molecule has 2 bridgehead atoms. The van der Waals surface area contributed by atoms with Crippen LogP contribution in [0.5, 0.6) is 0 Å². The summed E-state index contributed by atoms with van der Waals surface area (Å²) in [5.74, 6) is -0.751. The van der Waals surface area contributed by atoms with E-state index in [1.807, 2.05) is 35.2 Å². The van der Waals surface area contributed by atoms with Gasteiger partial charge >= 0.3 is 0 Å². The fourth-order valence-electron chi connectivity index (χ4n) is 3.72. The molecule has 0 radical (unpaired) electrons. The molecule has 2 saturated heterocycles. The Bertz CT molecular complexity index is 807. The van der Waals surface area contributed by atoms with Crippen molar-refractivity contribution in [1.82, 2.24) is 20.0 Å². The van der Waals surface area contributed by atoms with Crippen LogP contribution in [0, 0.1) is 0 Å². The molecule has 3 N–H and O–H groups in total. The summed E-state index contributed by atoms with van der Waals surface area (Å²) in [7, 11) is 0. The van der Waals surface area contributed by atoms with Gasteiger partial charge in [-0.15, -0.1) is 12.4 Å². The van der Waals surface area contributed by atoms with Crippen molar-refractivity contribution < 1.29 is 9.59 Å². The van der Waals surface area contributed by atoms with Crippen molar-refractivity contribution in [1.29, 1.82) is 0 Å². The molecule has 4 rings (SSSR count). The standard InChI is InChI=1S/C18H21N5O2.ClH/c19-17(24)16-10-15(21-23(16)14-4-2-1-3-5-14)18(25)22-9-8-12-6-7-13(11-22)20-12;/h1-5,10,12-13,20H,6-9,11H2,(H2,19,24);1H. The van der Waals surface area contributed by atoms with Crippen molar-refractivity contribution in [3.63, 3.8) is 0 Å². The van der Waals surface area contributed by atoms with Crippen LogP contribution in [0.4, 0.5) is 0 Å². The Morgan fingerprint density at radius 1 is 1.12 bits per heavy atom. The Morgan fingerprint density at radius 2 is 1.85 bits per heavy atom. The summed E-state index contributed by atoms with van der Waals surface area (Å²) in [6.45, 7) is 1.39. The fraction of sp³-hybridized carbons (Fsp3) is 0.389. The fourth-order valence-corrected chi connectivity index (χ4v) is 3.72. The van der Waals surface area contributed by atoms with Gasteiger partial charge in [-0.2, -0.15) is 5.10 Å². The number of nitrogens with one attached hydrogen (secondary N) is 1. The number of carbonyl (C=O) groups excluding carboxylic acids is 2. The highest BCUT2D eigenvalue weighted by atomic mass is 35.5. The predicted octanol–water partition coefficient (Wildman–Crippen LogP) is 1.36. The molecule has 1 aromatic carbocycles. The number of halogens is 1. The number of hydrogen-bond acceptors (Lipinski definition) is 4. The topological polar surface area (TPSA) is 93.2 Å². The molecule has 1 aromatic heterocycles. The van der Waals surface area contributed by atoms with Gasteiger partial charge in [0.25, 0.3) is 11.8 Å². The van der Waals surface area contributed by atoms with E-state index in [0.29, 0.717) is 30.9 Å². The second-order valence-corrected chi connectivity index (χ2v) is 6.70. The molecule has 2 amide bonds. The van der Waals surface area contributed by atoms with Crippen molar-refractivity contribution in [2.45, 2.75) is 31.3 Å². The third-order valence-electron chi connectivity index (χ3n) is 4.99. The molecular weight excluding hydrogens is 354 g/mol. The molecule has 2 atom stereocenters. The molecule has 3 heterocycles. The largest absolute Gasteiger partial charge is 0.364 e. The van der Waals surface area contributed by atoms with Crippen molar-refractivity contribution in [3.8, 4) is 5.69 Å². The first-order valence-electron chi connectivity index (χ1n) is 8.62. The summed E-state index contributed by atoms with van der Waals surface area (Å²) in [4.78, 5) is 26.5. The number of aromatic nitrogens is 2. The zero-order valence-corrected chi connectivity index (χ0v) is 15.1. The SMILES string of the molecule is Cl.NC(=O)c1cc(C(=O)N2CCC3CCC(C2)N3)nn1-c1ccccc1. The summed E-state index contributed by atoms with van der Waals surface area (Å²) >= 11 is 0. The van der Waals surface area contributed by atoms with E-state index in [2.05, 4.69) is 10.4 Å². The van der Waals surface area contributed by atoms with Crippen molar-refractivity contribution >= 4 is 24.2 Å². The van der Waals surface area contributed by atoms with Crippen LogP contribution < -0.4 is 11.1 Å². The summed E-state index contributed by atoms with van der Waals surface area (Å²) in [5.41, 5.74) is 6.66. The average molecular weight is 376 g/mol. The number of nitrogens with two attached hydrogens (primary N) is 1. The quantitative estimate of drug-likeness (QED) is 0.847. The molecule has 0 aliphatic carbocycles. The van der Waals surface area contributed by atoms with Gasteiger partial charge in [-0.1, -0.05) is 18.2 Å². The second kappa shape index (κ2) is 7.47. The number of amides is 2. The summed E-state index contributed by atoms with van der Waals surface area (Å²) in [6, 6.07) is 11.6. The molecule has 138 valence electrons. The van der Waals surface area contributed by atoms with Crippen LogP contribution in [0.15, 0.2) is 36.4 Å². The minimum atomic E-state index is -0.605. The van der Waals surface area contributed by atoms with Crippen LogP contribution in [-0.4, -0.2) is 51.7 Å². The molecular formula is C18H22ClN5O2. The van der Waals surface area contributed by atoms with Crippen LogP contribution in [0.2, 0.25) is 0 Å². The van der Waals surface area contributed by atoms with Crippen molar-refractivity contribution in [2.24, 2.45) is 5.73 Å². The number of benzene rings is 1. The molecule has 7 nitrogen and oxygen atoms in total. The first-order valence-corrected chi connectivity index (χ1v) is 8.62. The number of likely N-dealkylation sites (tertiary alicyclic amines) is 1. The first kappa shape index (κ1) is 18.4. The molecule has 0 spiro atoms. The molecule has 2 unspecified atom stereocenters. The van der Waals surface area contributed by atoms with Gasteiger partial charge in [0, 0.05) is 31.2 Å². The highest BCUT2D eigenvalue weighted by molar-refractivity contribution is 5.97.